The summed E-state index contributed by atoms with van der Waals surface area (Å²) in [5, 5.41) is 1.22. The fraction of sp³-hybridized carbons (Fsp3) is 0.176. The van der Waals surface area contributed by atoms with Gasteiger partial charge in [-0.1, -0.05) is 17.7 Å². The minimum Gasteiger partial charge on any atom is -0.309 e. The highest BCUT2D eigenvalue weighted by Gasteiger charge is 2.09. The van der Waals surface area contributed by atoms with Crippen molar-refractivity contribution >= 4 is 22.7 Å². The third kappa shape index (κ3) is 3.41. The first kappa shape index (κ1) is 15.3. The molecule has 114 valence electrons. The predicted octanol–water partition coefficient (Wildman–Crippen LogP) is 2.69. The molecule has 1 N–H and O–H groups in total. The molecule has 5 nitrogen and oxygen atoms in total. The molecule has 0 spiro atoms. The summed E-state index contributed by atoms with van der Waals surface area (Å²) in [5.41, 5.74) is 2.32. The van der Waals surface area contributed by atoms with E-state index in [0.717, 1.165) is 11.1 Å². The molecule has 0 atom stereocenters. The van der Waals surface area contributed by atoms with Crippen LogP contribution in [0.15, 0.2) is 40.5 Å². The Morgan fingerprint density at radius 2 is 2.04 bits per heavy atom. The fourth-order valence-corrected chi connectivity index (χ4v) is 2.91. The maximum Gasteiger partial charge on any atom is 0.258 e. The lowest BCUT2D eigenvalue weighted by molar-refractivity contribution is 0.958. The van der Waals surface area contributed by atoms with Gasteiger partial charge in [0.05, 0.1) is 16.7 Å². The number of nitrogens with zero attached hydrogens (tertiary/aromatic N) is 3. The molecule has 6 heteroatoms. The minimum atomic E-state index is -0.151. The Balaban J connectivity index is 1.97. The molecule has 2 aromatic heterocycles. The normalized spacial score (nSPS) is 10.3. The van der Waals surface area contributed by atoms with Gasteiger partial charge in [-0.25, -0.2) is 15.0 Å². The highest BCUT2D eigenvalue weighted by Crippen LogP contribution is 2.19. The molecular weight excluding hydrogens is 308 g/mol. The van der Waals surface area contributed by atoms with Crippen LogP contribution in [0.1, 0.15) is 23.9 Å². The molecule has 2 heterocycles. The topological polar surface area (TPSA) is 71.5 Å². The molecule has 0 radical (unpaired) electrons. The zero-order chi connectivity index (χ0) is 16.2. The Morgan fingerprint density at radius 1 is 1.26 bits per heavy atom. The Hall–Kier alpha value is -2.65. The molecule has 0 saturated carbocycles. The van der Waals surface area contributed by atoms with Crippen LogP contribution in [-0.2, 0) is 5.75 Å². The molecule has 1 aromatic carbocycles. The second kappa shape index (κ2) is 6.63. The maximum absolute atomic E-state index is 12.3. The molecule has 0 saturated heterocycles. The van der Waals surface area contributed by atoms with Gasteiger partial charge in [0.1, 0.15) is 5.82 Å². The number of nitrogens with one attached hydrogen (secondary N) is 1. The summed E-state index contributed by atoms with van der Waals surface area (Å²) >= 11 is 1.43. The van der Waals surface area contributed by atoms with E-state index in [4.69, 9.17) is 0 Å². The quantitative estimate of drug-likeness (QED) is 0.456. The number of fused-ring (bicyclic) bond motifs is 1. The van der Waals surface area contributed by atoms with Gasteiger partial charge in [-0.3, -0.25) is 4.79 Å². The van der Waals surface area contributed by atoms with Crippen LogP contribution in [0.2, 0.25) is 0 Å². The standard InChI is InChI=1S/C17H14N4OS/c1-3-5-12-8-11(2)15-13(9-12)16(22)21-14(20-15)10-23-17-18-6-4-7-19-17/h4,6-9H,10H2,1-2H3,(H,20,21,22). The molecule has 3 aromatic rings. The van der Waals surface area contributed by atoms with Crippen LogP contribution in [0.4, 0.5) is 0 Å². The van der Waals surface area contributed by atoms with Gasteiger partial charge >= 0.3 is 0 Å². The van der Waals surface area contributed by atoms with E-state index in [1.54, 1.807) is 31.5 Å². The zero-order valence-electron chi connectivity index (χ0n) is 12.8. The third-order valence-electron chi connectivity index (χ3n) is 3.20. The molecule has 23 heavy (non-hydrogen) atoms. The lowest BCUT2D eigenvalue weighted by Crippen LogP contribution is -2.12. The van der Waals surface area contributed by atoms with Gasteiger partial charge in [0.2, 0.25) is 0 Å². The van der Waals surface area contributed by atoms with Crippen molar-refractivity contribution in [2.75, 3.05) is 0 Å². The van der Waals surface area contributed by atoms with Crippen LogP contribution >= 0.6 is 11.8 Å². The number of benzene rings is 1. The van der Waals surface area contributed by atoms with Gasteiger partial charge in [0.25, 0.3) is 5.56 Å². The molecule has 0 aliphatic heterocycles. The zero-order valence-corrected chi connectivity index (χ0v) is 13.6. The first-order valence-corrected chi connectivity index (χ1v) is 8.02. The Bertz CT molecular complexity index is 971. The number of H-pyrrole nitrogens is 1. The van der Waals surface area contributed by atoms with Crippen molar-refractivity contribution in [3.05, 3.63) is 57.9 Å². The van der Waals surface area contributed by atoms with E-state index in [-0.39, 0.29) is 5.56 Å². The van der Waals surface area contributed by atoms with Crippen LogP contribution in [0.3, 0.4) is 0 Å². The molecule has 0 aliphatic rings. The van der Waals surface area contributed by atoms with Crippen molar-refractivity contribution in [1.82, 2.24) is 19.9 Å². The third-order valence-corrected chi connectivity index (χ3v) is 4.09. The van der Waals surface area contributed by atoms with Crippen LogP contribution in [0.5, 0.6) is 0 Å². The first-order valence-electron chi connectivity index (χ1n) is 7.03. The SMILES string of the molecule is CC#Cc1cc(C)c2nc(CSc3ncccn3)[nH]c(=O)c2c1. The monoisotopic (exact) mass is 322 g/mol. The van der Waals surface area contributed by atoms with Gasteiger partial charge < -0.3 is 4.98 Å². The molecule has 3 rings (SSSR count). The molecular formula is C17H14N4OS. The van der Waals surface area contributed by atoms with E-state index < -0.39 is 0 Å². The lowest BCUT2D eigenvalue weighted by atomic mass is 10.1. The van der Waals surface area contributed by atoms with Crippen molar-refractivity contribution in [3.63, 3.8) is 0 Å². The van der Waals surface area contributed by atoms with Crippen molar-refractivity contribution in [3.8, 4) is 11.8 Å². The predicted molar refractivity (Wildman–Crippen MR) is 91.2 cm³/mol. The largest absolute Gasteiger partial charge is 0.309 e. The second-order valence-electron chi connectivity index (χ2n) is 4.90. The van der Waals surface area contributed by atoms with E-state index in [0.29, 0.717) is 27.6 Å². The van der Waals surface area contributed by atoms with Crippen molar-refractivity contribution < 1.29 is 0 Å². The number of thioether (sulfide) groups is 1. The Morgan fingerprint density at radius 3 is 2.78 bits per heavy atom. The molecule has 0 amide bonds. The van der Waals surface area contributed by atoms with Gasteiger partial charge in [0.15, 0.2) is 5.16 Å². The summed E-state index contributed by atoms with van der Waals surface area (Å²) in [5.74, 6) is 6.94. The van der Waals surface area contributed by atoms with Crippen molar-refractivity contribution in [2.45, 2.75) is 24.8 Å². The van der Waals surface area contributed by atoms with Gasteiger partial charge in [-0.05, 0) is 37.6 Å². The van der Waals surface area contributed by atoms with Crippen LogP contribution in [0, 0.1) is 18.8 Å². The average molecular weight is 322 g/mol. The van der Waals surface area contributed by atoms with E-state index >= 15 is 0 Å². The fourth-order valence-electron chi connectivity index (χ4n) is 2.24. The summed E-state index contributed by atoms with van der Waals surface area (Å²) in [4.78, 5) is 28.0. The summed E-state index contributed by atoms with van der Waals surface area (Å²) in [6.45, 7) is 3.71. The highest BCUT2D eigenvalue weighted by molar-refractivity contribution is 7.98. The lowest BCUT2D eigenvalue weighted by Gasteiger charge is -2.05. The highest BCUT2D eigenvalue weighted by atomic mass is 32.2. The van der Waals surface area contributed by atoms with Crippen molar-refractivity contribution in [1.29, 1.82) is 0 Å². The van der Waals surface area contributed by atoms with Crippen LogP contribution in [-0.4, -0.2) is 19.9 Å². The smallest absolute Gasteiger partial charge is 0.258 e. The number of aryl methyl sites for hydroxylation is 1. The average Bonchev–Trinajstić information content (AvgIpc) is 2.55. The summed E-state index contributed by atoms with van der Waals surface area (Å²) in [6, 6.07) is 5.49. The first-order chi connectivity index (χ1) is 11.2. The number of aromatic nitrogens is 4. The van der Waals surface area contributed by atoms with Crippen LogP contribution < -0.4 is 5.56 Å². The van der Waals surface area contributed by atoms with E-state index in [1.807, 2.05) is 13.0 Å². The summed E-state index contributed by atoms with van der Waals surface area (Å²) < 4.78 is 0. The van der Waals surface area contributed by atoms with Gasteiger partial charge in [0, 0.05) is 18.0 Å². The van der Waals surface area contributed by atoms with E-state index in [2.05, 4.69) is 31.8 Å². The minimum absolute atomic E-state index is 0.151. The number of hydrogen-bond acceptors (Lipinski definition) is 5. The summed E-state index contributed by atoms with van der Waals surface area (Å²) in [6.07, 6.45) is 3.37. The molecule has 0 bridgehead atoms. The van der Waals surface area contributed by atoms with Gasteiger partial charge in [-0.2, -0.15) is 0 Å². The second-order valence-corrected chi connectivity index (χ2v) is 5.84. The molecule has 0 fully saturated rings. The summed E-state index contributed by atoms with van der Waals surface area (Å²) in [7, 11) is 0. The Labute approximate surface area is 137 Å². The van der Waals surface area contributed by atoms with E-state index in [1.165, 1.54) is 11.8 Å². The van der Waals surface area contributed by atoms with Crippen LogP contribution in [0.25, 0.3) is 10.9 Å². The molecule has 0 unspecified atom stereocenters. The van der Waals surface area contributed by atoms with Crippen molar-refractivity contribution in [2.24, 2.45) is 0 Å². The van der Waals surface area contributed by atoms with Gasteiger partial charge in [-0.15, -0.1) is 5.92 Å². The Kier molecular flexibility index (Phi) is 4.40. The number of aromatic amines is 1. The maximum atomic E-state index is 12.3. The number of hydrogen-bond donors (Lipinski definition) is 1. The number of rotatable bonds is 3. The molecule has 0 aliphatic carbocycles. The van der Waals surface area contributed by atoms with E-state index in [9.17, 15) is 4.79 Å².